The van der Waals surface area contributed by atoms with Crippen LogP contribution in [0.4, 0.5) is 0 Å². The maximum Gasteiger partial charge on any atom is 0.139 e. The molecule has 0 atom stereocenters. The third-order valence-electron chi connectivity index (χ3n) is 2.33. The first-order valence-electron chi connectivity index (χ1n) is 4.48. The van der Waals surface area contributed by atoms with Gasteiger partial charge in [-0.05, 0) is 50.6 Å². The topological polar surface area (TPSA) is 25.8 Å². The molecule has 1 saturated carbocycles. The smallest absolute Gasteiger partial charge is 0.139 e. The monoisotopic (exact) mass is 181 g/mol. The van der Waals surface area contributed by atoms with Crippen LogP contribution in [0, 0.1) is 13.3 Å². The maximum atomic E-state index is 4.43. The van der Waals surface area contributed by atoms with E-state index in [1.807, 2.05) is 6.92 Å². The van der Waals surface area contributed by atoms with Crippen LogP contribution in [-0.4, -0.2) is 9.36 Å². The van der Waals surface area contributed by atoms with Crippen molar-refractivity contribution in [1.29, 1.82) is 0 Å². The van der Waals surface area contributed by atoms with Gasteiger partial charge in [-0.1, -0.05) is 0 Å². The lowest BCUT2D eigenvalue weighted by molar-refractivity contribution is 0.509. The van der Waals surface area contributed by atoms with Gasteiger partial charge < -0.3 is 0 Å². The first-order valence-corrected chi connectivity index (χ1v) is 5.25. The third-order valence-corrected chi connectivity index (χ3v) is 3.30. The Kier molecular flexibility index (Phi) is 2.40. The Bertz CT molecular complexity index is 251. The van der Waals surface area contributed by atoms with Crippen molar-refractivity contribution in [3.05, 3.63) is 17.3 Å². The third kappa shape index (κ3) is 1.66. The van der Waals surface area contributed by atoms with Crippen molar-refractivity contribution in [1.82, 2.24) is 9.36 Å². The van der Waals surface area contributed by atoms with E-state index in [9.17, 15) is 0 Å². The summed E-state index contributed by atoms with van der Waals surface area (Å²) in [6, 6.07) is 0. The summed E-state index contributed by atoms with van der Waals surface area (Å²) in [5.41, 5.74) is 0. The average molecular weight is 181 g/mol. The number of aromatic nitrogens is 2. The molecule has 1 aliphatic carbocycles. The van der Waals surface area contributed by atoms with E-state index >= 15 is 0 Å². The molecule has 0 saturated heterocycles. The highest BCUT2D eigenvalue weighted by molar-refractivity contribution is 7.05. The van der Waals surface area contributed by atoms with Crippen LogP contribution in [-0.2, 0) is 0 Å². The molecule has 0 amide bonds. The quantitative estimate of drug-likeness (QED) is 0.665. The fourth-order valence-electron chi connectivity index (χ4n) is 1.65. The van der Waals surface area contributed by atoms with Gasteiger partial charge in [0, 0.05) is 5.92 Å². The maximum absolute atomic E-state index is 4.43. The van der Waals surface area contributed by atoms with Gasteiger partial charge >= 0.3 is 0 Å². The summed E-state index contributed by atoms with van der Waals surface area (Å²) >= 11 is 1.58. The number of nitrogens with zero attached hydrogens (tertiary/aromatic N) is 2. The molecule has 1 heterocycles. The molecule has 1 aromatic rings. The normalized spacial score (nSPS) is 19.8. The Labute approximate surface area is 77.2 Å². The molecule has 0 unspecified atom stereocenters. The van der Waals surface area contributed by atoms with Crippen molar-refractivity contribution in [2.45, 2.75) is 38.5 Å². The highest BCUT2D eigenvalue weighted by Crippen LogP contribution is 2.32. The van der Waals surface area contributed by atoms with Crippen LogP contribution >= 0.6 is 11.5 Å². The second-order valence-corrected chi connectivity index (χ2v) is 4.10. The average Bonchev–Trinajstić information content (AvgIpc) is 2.54. The molecule has 2 nitrogen and oxygen atoms in total. The van der Waals surface area contributed by atoms with Crippen LogP contribution in [0.2, 0.25) is 0 Å². The molecular weight excluding hydrogens is 168 g/mol. The van der Waals surface area contributed by atoms with Crippen molar-refractivity contribution in [2.75, 3.05) is 0 Å². The zero-order chi connectivity index (χ0) is 8.39. The van der Waals surface area contributed by atoms with E-state index in [4.69, 9.17) is 0 Å². The van der Waals surface area contributed by atoms with Crippen molar-refractivity contribution in [2.24, 2.45) is 0 Å². The molecule has 0 aromatic carbocycles. The molecular formula is C9H13N2S. The zero-order valence-electron chi connectivity index (χ0n) is 7.29. The van der Waals surface area contributed by atoms with E-state index in [1.54, 1.807) is 11.5 Å². The van der Waals surface area contributed by atoms with Crippen LogP contribution in [0.1, 0.15) is 42.4 Å². The summed E-state index contributed by atoms with van der Waals surface area (Å²) < 4.78 is 4.21. The highest BCUT2D eigenvalue weighted by Gasteiger charge is 2.18. The Hall–Kier alpha value is -0.440. The molecule has 1 radical (unpaired) electrons. The molecule has 1 fully saturated rings. The largest absolute Gasteiger partial charge is 0.225 e. The molecule has 2 rings (SSSR count). The number of aryl methyl sites for hydroxylation is 1. The summed E-state index contributed by atoms with van der Waals surface area (Å²) in [5, 5.41) is 1.25. The van der Waals surface area contributed by atoms with Crippen LogP contribution in [0.25, 0.3) is 0 Å². The highest BCUT2D eigenvalue weighted by atomic mass is 32.1. The fraction of sp³-hybridized carbons (Fsp3) is 0.667. The van der Waals surface area contributed by atoms with Gasteiger partial charge in [-0.3, -0.25) is 0 Å². The minimum absolute atomic E-state index is 0.696. The van der Waals surface area contributed by atoms with Crippen molar-refractivity contribution in [3.8, 4) is 0 Å². The number of hydrogen-bond donors (Lipinski definition) is 0. The van der Waals surface area contributed by atoms with E-state index in [-0.39, 0.29) is 0 Å². The Morgan fingerprint density at radius 1 is 1.42 bits per heavy atom. The summed E-state index contributed by atoms with van der Waals surface area (Å²) in [7, 11) is 0. The second-order valence-electron chi connectivity index (χ2n) is 3.32. The molecule has 0 spiro atoms. The van der Waals surface area contributed by atoms with Gasteiger partial charge in [0.1, 0.15) is 10.8 Å². The van der Waals surface area contributed by atoms with Crippen LogP contribution in [0.3, 0.4) is 0 Å². The number of hydrogen-bond acceptors (Lipinski definition) is 3. The predicted octanol–water partition coefficient (Wildman–Crippen LogP) is 2.71. The van der Waals surface area contributed by atoms with Crippen LogP contribution in [0.15, 0.2) is 0 Å². The predicted molar refractivity (Wildman–Crippen MR) is 50.2 cm³/mol. The first-order chi connectivity index (χ1) is 5.86. The van der Waals surface area contributed by atoms with E-state index in [0.717, 1.165) is 5.82 Å². The summed E-state index contributed by atoms with van der Waals surface area (Å²) in [6.45, 7) is 1.97. The van der Waals surface area contributed by atoms with Gasteiger partial charge in [0.05, 0.1) is 0 Å². The standard InChI is InChI=1S/C9H13N2S/c1-7-10-9(12-11-7)8-5-3-2-4-6-8/h2,8H,3-6H2,1H3. The van der Waals surface area contributed by atoms with Crippen molar-refractivity contribution >= 4 is 11.5 Å². The van der Waals surface area contributed by atoms with E-state index in [0.29, 0.717) is 5.92 Å². The molecule has 65 valence electrons. The Morgan fingerprint density at radius 2 is 2.17 bits per heavy atom. The first kappa shape index (κ1) is 8.17. The van der Waals surface area contributed by atoms with Gasteiger partial charge in [0.15, 0.2) is 0 Å². The molecule has 12 heavy (non-hydrogen) atoms. The zero-order valence-corrected chi connectivity index (χ0v) is 8.10. The van der Waals surface area contributed by atoms with Crippen molar-refractivity contribution < 1.29 is 0 Å². The Balaban J connectivity index is 2.08. The minimum atomic E-state index is 0.696. The van der Waals surface area contributed by atoms with Gasteiger partial charge in [-0.15, -0.1) is 0 Å². The van der Waals surface area contributed by atoms with E-state index < -0.39 is 0 Å². The lowest BCUT2D eigenvalue weighted by Gasteiger charge is -2.18. The van der Waals surface area contributed by atoms with Gasteiger partial charge in [-0.2, -0.15) is 4.37 Å². The lowest BCUT2D eigenvalue weighted by Crippen LogP contribution is -2.04. The van der Waals surface area contributed by atoms with Gasteiger partial charge in [-0.25, -0.2) is 4.98 Å². The number of rotatable bonds is 1. The fourth-order valence-corrected chi connectivity index (χ4v) is 2.48. The lowest BCUT2D eigenvalue weighted by atomic mass is 9.90. The molecule has 1 aromatic heterocycles. The molecule has 0 bridgehead atoms. The SMILES string of the molecule is Cc1nsc(C2CC[CH]CC2)n1. The van der Waals surface area contributed by atoms with E-state index in [1.165, 1.54) is 30.7 Å². The summed E-state index contributed by atoms with van der Waals surface area (Å²) in [5.74, 6) is 1.63. The van der Waals surface area contributed by atoms with Crippen LogP contribution < -0.4 is 0 Å². The Morgan fingerprint density at radius 3 is 2.75 bits per heavy atom. The summed E-state index contributed by atoms with van der Waals surface area (Å²) in [6.07, 6.45) is 7.43. The minimum Gasteiger partial charge on any atom is -0.225 e. The summed E-state index contributed by atoms with van der Waals surface area (Å²) in [4.78, 5) is 4.43. The molecule has 0 aliphatic heterocycles. The van der Waals surface area contributed by atoms with E-state index in [2.05, 4.69) is 15.8 Å². The van der Waals surface area contributed by atoms with Crippen LogP contribution in [0.5, 0.6) is 0 Å². The molecule has 0 N–H and O–H groups in total. The van der Waals surface area contributed by atoms with Gasteiger partial charge in [0.25, 0.3) is 0 Å². The van der Waals surface area contributed by atoms with Crippen molar-refractivity contribution in [3.63, 3.8) is 0 Å². The molecule has 1 aliphatic rings. The molecule has 3 heteroatoms. The van der Waals surface area contributed by atoms with Gasteiger partial charge in [0.2, 0.25) is 0 Å². The second kappa shape index (κ2) is 3.52.